The van der Waals surface area contributed by atoms with Crippen LogP contribution in [0.15, 0.2) is 0 Å². The van der Waals surface area contributed by atoms with Crippen LogP contribution in [0.25, 0.3) is 0 Å². The number of carbonyl (C=O) groups excluding carboxylic acids is 2. The summed E-state index contributed by atoms with van der Waals surface area (Å²) < 4.78 is 9.43. The molecular formula is C11H21N3O6. The summed E-state index contributed by atoms with van der Waals surface area (Å²) >= 11 is 0. The molecule has 0 aliphatic rings. The molecule has 0 aromatic carbocycles. The van der Waals surface area contributed by atoms with Crippen LogP contribution in [0.2, 0.25) is 0 Å². The van der Waals surface area contributed by atoms with Crippen molar-refractivity contribution in [2.75, 3.05) is 34.0 Å². The maximum absolute atomic E-state index is 11.5. The van der Waals surface area contributed by atoms with Gasteiger partial charge in [-0.05, 0) is 6.92 Å². The monoisotopic (exact) mass is 291 g/mol. The smallest absolute Gasteiger partial charge is 0.328 e. The van der Waals surface area contributed by atoms with E-state index in [-0.39, 0.29) is 6.61 Å². The third-order valence-electron chi connectivity index (χ3n) is 2.28. The summed E-state index contributed by atoms with van der Waals surface area (Å²) in [6.07, 6.45) is 0. The maximum atomic E-state index is 11.5. The normalized spacial score (nSPS) is 13.2. The predicted octanol–water partition coefficient (Wildman–Crippen LogP) is -1.46. The van der Waals surface area contributed by atoms with Crippen molar-refractivity contribution in [3.05, 3.63) is 0 Å². The van der Waals surface area contributed by atoms with Gasteiger partial charge in [0.25, 0.3) is 0 Å². The molecule has 0 bridgehead atoms. The Morgan fingerprint density at radius 1 is 1.15 bits per heavy atom. The minimum Gasteiger partial charge on any atom is -0.480 e. The zero-order chi connectivity index (χ0) is 15.5. The minimum absolute atomic E-state index is 0.169. The summed E-state index contributed by atoms with van der Waals surface area (Å²) in [6.45, 7) is 2.00. The lowest BCUT2D eigenvalue weighted by Crippen LogP contribution is -2.53. The number of nitrogens with one attached hydrogen (secondary N) is 3. The molecule has 0 rings (SSSR count). The molecule has 0 aliphatic carbocycles. The van der Waals surface area contributed by atoms with Crippen molar-refractivity contribution in [2.24, 2.45) is 0 Å². The molecule has 0 aliphatic heterocycles. The van der Waals surface area contributed by atoms with Crippen molar-refractivity contribution < 1.29 is 29.0 Å². The molecule has 9 nitrogen and oxygen atoms in total. The van der Waals surface area contributed by atoms with Gasteiger partial charge in [0.15, 0.2) is 6.04 Å². The first-order valence-electron chi connectivity index (χ1n) is 5.97. The second-order valence-electron chi connectivity index (χ2n) is 3.97. The number of methoxy groups -OCH3 is 2. The van der Waals surface area contributed by atoms with Crippen LogP contribution in [0.4, 0.5) is 4.79 Å². The van der Waals surface area contributed by atoms with Crippen LogP contribution in [0.1, 0.15) is 6.92 Å². The molecule has 0 aromatic rings. The fourth-order valence-corrected chi connectivity index (χ4v) is 1.23. The van der Waals surface area contributed by atoms with Gasteiger partial charge in [-0.25, -0.2) is 9.59 Å². The number of hydrogen-bond acceptors (Lipinski definition) is 5. The van der Waals surface area contributed by atoms with Crippen LogP contribution in [0, 0.1) is 0 Å². The first-order valence-corrected chi connectivity index (χ1v) is 5.97. The van der Waals surface area contributed by atoms with Crippen molar-refractivity contribution in [2.45, 2.75) is 19.0 Å². The van der Waals surface area contributed by atoms with Gasteiger partial charge in [-0.2, -0.15) is 0 Å². The lowest BCUT2D eigenvalue weighted by Gasteiger charge is -2.17. The molecule has 2 unspecified atom stereocenters. The molecule has 2 atom stereocenters. The van der Waals surface area contributed by atoms with Gasteiger partial charge in [-0.1, -0.05) is 0 Å². The van der Waals surface area contributed by atoms with Crippen LogP contribution >= 0.6 is 0 Å². The van der Waals surface area contributed by atoms with Crippen LogP contribution in [-0.2, 0) is 19.1 Å². The molecule has 20 heavy (non-hydrogen) atoms. The molecule has 0 aromatic heterocycles. The van der Waals surface area contributed by atoms with Crippen LogP contribution in [0.3, 0.4) is 0 Å². The maximum Gasteiger partial charge on any atom is 0.328 e. The molecule has 116 valence electrons. The van der Waals surface area contributed by atoms with Gasteiger partial charge in [-0.15, -0.1) is 0 Å². The van der Waals surface area contributed by atoms with E-state index in [1.54, 1.807) is 0 Å². The Labute approximate surface area is 117 Å². The second kappa shape index (κ2) is 9.98. The molecule has 4 N–H and O–H groups in total. The Morgan fingerprint density at radius 3 is 2.30 bits per heavy atom. The number of carbonyl (C=O) groups is 3. The summed E-state index contributed by atoms with van der Waals surface area (Å²) in [6, 6.07) is -2.74. The van der Waals surface area contributed by atoms with Gasteiger partial charge >= 0.3 is 12.0 Å². The van der Waals surface area contributed by atoms with E-state index in [2.05, 4.69) is 20.7 Å². The summed E-state index contributed by atoms with van der Waals surface area (Å²) in [4.78, 5) is 33.9. The second-order valence-corrected chi connectivity index (χ2v) is 3.97. The molecule has 0 saturated heterocycles. The predicted molar refractivity (Wildman–Crippen MR) is 69.3 cm³/mol. The summed E-state index contributed by atoms with van der Waals surface area (Å²) in [5.41, 5.74) is 0. The van der Waals surface area contributed by atoms with Crippen LogP contribution < -0.4 is 16.0 Å². The van der Waals surface area contributed by atoms with E-state index in [0.717, 1.165) is 0 Å². The number of ether oxygens (including phenoxy) is 2. The molecule has 3 amide bonds. The average molecular weight is 291 g/mol. The van der Waals surface area contributed by atoms with Crippen molar-refractivity contribution in [3.63, 3.8) is 0 Å². The SMILES string of the molecule is COCCNC(=O)C(C)NC(=O)NC(COC)C(=O)O. The third-order valence-corrected chi connectivity index (χ3v) is 2.28. The van der Waals surface area contributed by atoms with Gasteiger partial charge in [0.05, 0.1) is 13.2 Å². The molecule has 0 spiro atoms. The third kappa shape index (κ3) is 7.54. The molecule has 0 heterocycles. The molecule has 0 radical (unpaired) electrons. The van der Waals surface area contributed by atoms with E-state index in [9.17, 15) is 14.4 Å². The van der Waals surface area contributed by atoms with Crippen molar-refractivity contribution in [3.8, 4) is 0 Å². The number of carboxylic acids is 1. The number of amides is 3. The van der Waals surface area contributed by atoms with Gasteiger partial charge in [0.2, 0.25) is 5.91 Å². The van der Waals surface area contributed by atoms with Crippen molar-refractivity contribution in [1.29, 1.82) is 0 Å². The Balaban J connectivity index is 4.17. The van der Waals surface area contributed by atoms with E-state index in [4.69, 9.17) is 9.84 Å². The van der Waals surface area contributed by atoms with E-state index in [0.29, 0.717) is 13.2 Å². The molecular weight excluding hydrogens is 270 g/mol. The highest BCUT2D eigenvalue weighted by Gasteiger charge is 2.22. The van der Waals surface area contributed by atoms with E-state index in [1.807, 2.05) is 0 Å². The zero-order valence-electron chi connectivity index (χ0n) is 11.8. The van der Waals surface area contributed by atoms with Crippen LogP contribution in [0.5, 0.6) is 0 Å². The highest BCUT2D eigenvalue weighted by molar-refractivity contribution is 5.88. The topological polar surface area (TPSA) is 126 Å². The number of aliphatic carboxylic acids is 1. The highest BCUT2D eigenvalue weighted by Crippen LogP contribution is 1.88. The van der Waals surface area contributed by atoms with Crippen molar-refractivity contribution >= 4 is 17.9 Å². The Kier molecular flexibility index (Phi) is 9.05. The Hall–Kier alpha value is -1.87. The standard InChI is InChI=1S/C11H21N3O6/c1-7(9(15)12-4-5-19-2)13-11(18)14-8(6-20-3)10(16)17/h7-8H,4-6H2,1-3H3,(H,12,15)(H,16,17)(H2,13,14,18). The van der Waals surface area contributed by atoms with Crippen molar-refractivity contribution in [1.82, 2.24) is 16.0 Å². The molecule has 0 saturated carbocycles. The molecule has 9 heteroatoms. The van der Waals surface area contributed by atoms with Crippen LogP contribution in [-0.4, -0.2) is 69.1 Å². The first-order chi connectivity index (χ1) is 9.42. The van der Waals surface area contributed by atoms with E-state index >= 15 is 0 Å². The van der Waals surface area contributed by atoms with Gasteiger partial charge in [-0.3, -0.25) is 4.79 Å². The average Bonchev–Trinajstić information content (AvgIpc) is 2.38. The number of hydrogen-bond donors (Lipinski definition) is 4. The highest BCUT2D eigenvalue weighted by atomic mass is 16.5. The lowest BCUT2D eigenvalue weighted by atomic mass is 10.3. The van der Waals surface area contributed by atoms with Gasteiger partial charge in [0.1, 0.15) is 6.04 Å². The van der Waals surface area contributed by atoms with E-state index < -0.39 is 30.0 Å². The van der Waals surface area contributed by atoms with E-state index in [1.165, 1.54) is 21.1 Å². The Morgan fingerprint density at radius 2 is 1.80 bits per heavy atom. The fourth-order valence-electron chi connectivity index (χ4n) is 1.23. The number of rotatable bonds is 9. The summed E-state index contributed by atoms with van der Waals surface area (Å²) in [5, 5.41) is 15.9. The summed E-state index contributed by atoms with van der Waals surface area (Å²) in [5.74, 6) is -1.62. The number of carboxylic acid groups (broad SMARTS) is 1. The zero-order valence-corrected chi connectivity index (χ0v) is 11.8. The summed E-state index contributed by atoms with van der Waals surface area (Å²) in [7, 11) is 2.82. The number of urea groups is 1. The molecule has 0 fully saturated rings. The fraction of sp³-hybridized carbons (Fsp3) is 0.727. The minimum atomic E-state index is -1.22. The van der Waals surface area contributed by atoms with Gasteiger partial charge < -0.3 is 30.5 Å². The Bertz CT molecular complexity index is 336. The quantitative estimate of drug-likeness (QED) is 0.384. The largest absolute Gasteiger partial charge is 0.480 e. The first kappa shape index (κ1) is 18.1. The lowest BCUT2D eigenvalue weighted by molar-refractivity contribution is -0.140. The van der Waals surface area contributed by atoms with Gasteiger partial charge in [0, 0.05) is 20.8 Å².